The molecule has 2 amide bonds. The topological polar surface area (TPSA) is 97.4 Å². The molecule has 2 N–H and O–H groups in total. The molecule has 0 fully saturated rings. The Kier molecular flexibility index (Phi) is 7.31. The molecule has 3 aromatic rings. The Morgan fingerprint density at radius 3 is 2.63 bits per heavy atom. The van der Waals surface area contributed by atoms with Crippen molar-refractivity contribution in [3.05, 3.63) is 70.0 Å². The lowest BCUT2D eigenvalue weighted by Crippen LogP contribution is -2.35. The van der Waals surface area contributed by atoms with Crippen molar-refractivity contribution < 1.29 is 19.1 Å². The SMILES string of the molecule is CC(OC(=O)CNC(=O)c1cccc(Br)c1)C(=O)Nc1nc(-c2ccccc2)cs1. The predicted molar refractivity (Wildman–Crippen MR) is 118 cm³/mol. The van der Waals surface area contributed by atoms with E-state index in [-0.39, 0.29) is 6.54 Å². The third kappa shape index (κ3) is 5.98. The summed E-state index contributed by atoms with van der Waals surface area (Å²) >= 11 is 4.56. The third-order valence-electron chi connectivity index (χ3n) is 3.96. The maximum absolute atomic E-state index is 12.3. The van der Waals surface area contributed by atoms with Crippen LogP contribution in [0.2, 0.25) is 0 Å². The van der Waals surface area contributed by atoms with E-state index in [9.17, 15) is 14.4 Å². The molecule has 0 aliphatic heterocycles. The van der Waals surface area contributed by atoms with Gasteiger partial charge in [0.2, 0.25) is 0 Å². The Morgan fingerprint density at radius 2 is 1.90 bits per heavy atom. The van der Waals surface area contributed by atoms with Gasteiger partial charge in [-0.25, -0.2) is 4.98 Å². The Labute approximate surface area is 185 Å². The molecule has 1 aromatic heterocycles. The van der Waals surface area contributed by atoms with E-state index in [1.54, 1.807) is 24.3 Å². The van der Waals surface area contributed by atoms with Crippen molar-refractivity contribution in [2.45, 2.75) is 13.0 Å². The standard InChI is InChI=1S/C21H18BrN3O4S/c1-13(29-18(26)11-23-20(28)15-8-5-9-16(22)10-15)19(27)25-21-24-17(12-30-21)14-6-3-2-4-7-14/h2-10,12-13H,11H2,1H3,(H,23,28)(H,24,25,27). The van der Waals surface area contributed by atoms with Gasteiger partial charge in [-0.3, -0.25) is 19.7 Å². The lowest BCUT2D eigenvalue weighted by Gasteiger charge is -2.12. The van der Waals surface area contributed by atoms with Crippen LogP contribution in [0.1, 0.15) is 17.3 Å². The molecular weight excluding hydrogens is 470 g/mol. The predicted octanol–water partition coefficient (Wildman–Crippen LogP) is 3.87. The first-order valence-corrected chi connectivity index (χ1v) is 10.6. The van der Waals surface area contributed by atoms with Crippen LogP contribution in [0.5, 0.6) is 0 Å². The van der Waals surface area contributed by atoms with Gasteiger partial charge in [0.15, 0.2) is 11.2 Å². The minimum Gasteiger partial charge on any atom is -0.451 e. The Morgan fingerprint density at radius 1 is 1.13 bits per heavy atom. The van der Waals surface area contributed by atoms with Gasteiger partial charge in [-0.2, -0.15) is 0 Å². The van der Waals surface area contributed by atoms with Crippen molar-refractivity contribution in [1.82, 2.24) is 10.3 Å². The smallest absolute Gasteiger partial charge is 0.326 e. The number of hydrogen-bond acceptors (Lipinski definition) is 6. The number of thiazole rings is 1. The first-order chi connectivity index (χ1) is 14.4. The average Bonchev–Trinajstić information content (AvgIpc) is 3.21. The highest BCUT2D eigenvalue weighted by molar-refractivity contribution is 9.10. The number of carbonyl (C=O) groups excluding carboxylic acids is 3. The summed E-state index contributed by atoms with van der Waals surface area (Å²) in [6.45, 7) is 1.10. The fraction of sp³-hybridized carbons (Fsp3) is 0.143. The Bertz CT molecular complexity index is 1060. The van der Waals surface area contributed by atoms with Crippen molar-refractivity contribution in [2.75, 3.05) is 11.9 Å². The van der Waals surface area contributed by atoms with Crippen molar-refractivity contribution >= 4 is 50.2 Å². The van der Waals surface area contributed by atoms with Gasteiger partial charge in [0.25, 0.3) is 11.8 Å². The van der Waals surface area contributed by atoms with Gasteiger partial charge in [0, 0.05) is 21.0 Å². The van der Waals surface area contributed by atoms with E-state index in [1.165, 1.54) is 18.3 Å². The number of nitrogens with zero attached hydrogens (tertiary/aromatic N) is 1. The van der Waals surface area contributed by atoms with Crippen LogP contribution in [0, 0.1) is 0 Å². The van der Waals surface area contributed by atoms with Crippen molar-refractivity contribution in [2.24, 2.45) is 0 Å². The van der Waals surface area contributed by atoms with E-state index in [0.717, 1.165) is 15.7 Å². The minimum atomic E-state index is -1.04. The molecular formula is C21H18BrN3O4S. The number of esters is 1. The molecule has 0 spiro atoms. The molecule has 1 atom stereocenters. The molecule has 0 radical (unpaired) electrons. The number of carbonyl (C=O) groups is 3. The summed E-state index contributed by atoms with van der Waals surface area (Å²) in [5.74, 6) is -1.64. The van der Waals surface area contributed by atoms with E-state index in [0.29, 0.717) is 10.7 Å². The molecule has 30 heavy (non-hydrogen) atoms. The molecule has 3 rings (SSSR count). The minimum absolute atomic E-state index is 0.349. The van der Waals surface area contributed by atoms with Gasteiger partial charge in [-0.15, -0.1) is 11.3 Å². The second-order valence-corrected chi connectivity index (χ2v) is 7.99. The van der Waals surface area contributed by atoms with Gasteiger partial charge in [-0.05, 0) is 25.1 Å². The van der Waals surface area contributed by atoms with E-state index in [1.807, 2.05) is 35.7 Å². The first kappa shape index (κ1) is 21.7. The number of anilines is 1. The zero-order valence-corrected chi connectivity index (χ0v) is 18.3. The number of rotatable bonds is 7. The molecule has 0 aliphatic rings. The molecule has 0 saturated carbocycles. The Balaban J connectivity index is 1.47. The van der Waals surface area contributed by atoms with Crippen LogP contribution in [-0.2, 0) is 14.3 Å². The highest BCUT2D eigenvalue weighted by Crippen LogP contribution is 2.24. The molecule has 0 saturated heterocycles. The number of nitrogens with one attached hydrogen (secondary N) is 2. The molecule has 7 nitrogen and oxygen atoms in total. The Hall–Kier alpha value is -3.04. The zero-order valence-electron chi connectivity index (χ0n) is 15.9. The largest absolute Gasteiger partial charge is 0.451 e. The van der Waals surface area contributed by atoms with Gasteiger partial charge < -0.3 is 10.1 Å². The van der Waals surface area contributed by atoms with Gasteiger partial charge in [0.05, 0.1) is 5.69 Å². The molecule has 1 heterocycles. The first-order valence-electron chi connectivity index (χ1n) is 8.97. The second-order valence-electron chi connectivity index (χ2n) is 6.22. The van der Waals surface area contributed by atoms with Crippen LogP contribution in [-0.4, -0.2) is 35.4 Å². The summed E-state index contributed by atoms with van der Waals surface area (Å²) < 4.78 is 5.84. The van der Waals surface area contributed by atoms with E-state index in [2.05, 4.69) is 31.5 Å². The van der Waals surface area contributed by atoms with Crippen LogP contribution < -0.4 is 10.6 Å². The normalized spacial score (nSPS) is 11.4. The molecule has 1 unspecified atom stereocenters. The van der Waals surface area contributed by atoms with E-state index in [4.69, 9.17) is 4.74 Å². The summed E-state index contributed by atoms with van der Waals surface area (Å²) in [4.78, 5) is 40.7. The van der Waals surface area contributed by atoms with E-state index < -0.39 is 23.9 Å². The summed E-state index contributed by atoms with van der Waals surface area (Å²) in [6.07, 6.45) is -1.04. The summed E-state index contributed by atoms with van der Waals surface area (Å²) in [7, 11) is 0. The maximum atomic E-state index is 12.3. The van der Waals surface area contributed by atoms with Crippen molar-refractivity contribution in [3.8, 4) is 11.3 Å². The summed E-state index contributed by atoms with van der Waals surface area (Å²) in [5.41, 5.74) is 2.09. The molecule has 154 valence electrons. The van der Waals surface area contributed by atoms with Crippen LogP contribution in [0.25, 0.3) is 11.3 Å². The molecule has 0 bridgehead atoms. The fourth-order valence-electron chi connectivity index (χ4n) is 2.46. The maximum Gasteiger partial charge on any atom is 0.326 e. The number of halogens is 1. The summed E-state index contributed by atoms with van der Waals surface area (Å²) in [5, 5.41) is 7.34. The van der Waals surface area contributed by atoms with E-state index >= 15 is 0 Å². The number of aromatic nitrogens is 1. The number of amides is 2. The van der Waals surface area contributed by atoms with Gasteiger partial charge in [0.1, 0.15) is 6.54 Å². The van der Waals surface area contributed by atoms with Crippen LogP contribution in [0.3, 0.4) is 0 Å². The molecule has 2 aromatic carbocycles. The molecule has 0 aliphatic carbocycles. The fourth-order valence-corrected chi connectivity index (χ4v) is 3.58. The highest BCUT2D eigenvalue weighted by Gasteiger charge is 2.20. The van der Waals surface area contributed by atoms with Crippen molar-refractivity contribution in [3.63, 3.8) is 0 Å². The molecule has 9 heteroatoms. The number of benzene rings is 2. The van der Waals surface area contributed by atoms with Gasteiger partial charge >= 0.3 is 5.97 Å². The van der Waals surface area contributed by atoms with Crippen molar-refractivity contribution in [1.29, 1.82) is 0 Å². The zero-order chi connectivity index (χ0) is 21.5. The quantitative estimate of drug-likeness (QED) is 0.493. The highest BCUT2D eigenvalue weighted by atomic mass is 79.9. The van der Waals surface area contributed by atoms with Crippen LogP contribution in [0.15, 0.2) is 64.5 Å². The number of hydrogen-bond donors (Lipinski definition) is 2. The average molecular weight is 488 g/mol. The number of ether oxygens (including phenoxy) is 1. The lowest BCUT2D eigenvalue weighted by atomic mass is 10.2. The van der Waals surface area contributed by atoms with Crippen LogP contribution in [0.4, 0.5) is 5.13 Å². The van der Waals surface area contributed by atoms with Crippen LogP contribution >= 0.6 is 27.3 Å². The van der Waals surface area contributed by atoms with Gasteiger partial charge in [-0.1, -0.05) is 52.3 Å². The summed E-state index contributed by atoms with van der Waals surface area (Å²) in [6, 6.07) is 16.3. The third-order valence-corrected chi connectivity index (χ3v) is 5.21. The second kappa shape index (κ2) is 10.1. The lowest BCUT2D eigenvalue weighted by molar-refractivity contribution is -0.152. The monoisotopic (exact) mass is 487 g/mol.